The van der Waals surface area contributed by atoms with Gasteiger partial charge in [-0.25, -0.2) is 9.37 Å². The highest BCUT2D eigenvalue weighted by molar-refractivity contribution is 5.98. The second-order valence-electron chi connectivity index (χ2n) is 8.38. The van der Waals surface area contributed by atoms with E-state index in [4.69, 9.17) is 0 Å². The molecule has 5 rings (SSSR count). The van der Waals surface area contributed by atoms with E-state index in [9.17, 15) is 4.79 Å². The zero-order valence-electron chi connectivity index (χ0n) is 18.6. The first kappa shape index (κ1) is 21.1. The Labute approximate surface area is 190 Å². The molecule has 0 aliphatic carbocycles. The van der Waals surface area contributed by atoms with Gasteiger partial charge in [0, 0.05) is 74.7 Å². The van der Waals surface area contributed by atoms with Crippen LogP contribution < -0.4 is 4.90 Å². The number of piperazine rings is 1. The number of rotatable bonds is 5. The number of pyridine rings is 3. The van der Waals surface area contributed by atoms with Crippen molar-refractivity contribution in [1.29, 1.82) is 0 Å². The standard InChI is InChI=1S/C24H24FN7O/c1-30-5-7-32(8-6-30)24-23(25)20(3-4-26-24)22(33)11-19-9-16-10-21(18-14-29-31(2)15-18)28-13-17(16)12-27-19/h3-4,9-10,12-15H,5-8,11H2,1-2H3. The largest absolute Gasteiger partial charge is 0.352 e. The van der Waals surface area contributed by atoms with Crippen LogP contribution in [-0.4, -0.2) is 68.6 Å². The number of likely N-dealkylation sites (N-methyl/N-ethyl adjacent to an activating group) is 1. The maximum Gasteiger partial charge on any atom is 0.176 e. The molecule has 33 heavy (non-hydrogen) atoms. The van der Waals surface area contributed by atoms with Crippen LogP contribution in [0.25, 0.3) is 22.0 Å². The monoisotopic (exact) mass is 445 g/mol. The lowest BCUT2D eigenvalue weighted by molar-refractivity contribution is 0.0988. The normalized spacial score (nSPS) is 14.7. The topological polar surface area (TPSA) is 80.0 Å². The summed E-state index contributed by atoms with van der Waals surface area (Å²) in [6.07, 6.45) is 8.60. The first-order chi connectivity index (χ1) is 16.0. The molecule has 0 saturated carbocycles. The molecular formula is C24H24FN7O. The van der Waals surface area contributed by atoms with Crippen LogP contribution in [0, 0.1) is 5.82 Å². The molecule has 0 amide bonds. The van der Waals surface area contributed by atoms with Crippen molar-refractivity contribution >= 4 is 22.4 Å². The van der Waals surface area contributed by atoms with Crippen molar-refractivity contribution in [2.45, 2.75) is 6.42 Å². The Morgan fingerprint density at radius 3 is 2.55 bits per heavy atom. The maximum atomic E-state index is 15.2. The Kier molecular flexibility index (Phi) is 5.55. The lowest BCUT2D eigenvalue weighted by atomic mass is 10.0. The van der Waals surface area contributed by atoms with Gasteiger partial charge in [0.15, 0.2) is 17.4 Å². The Bertz CT molecular complexity index is 1330. The maximum absolute atomic E-state index is 15.2. The first-order valence-corrected chi connectivity index (χ1v) is 10.8. The minimum absolute atomic E-state index is 0.00357. The summed E-state index contributed by atoms with van der Waals surface area (Å²) in [7, 11) is 3.89. The number of anilines is 1. The molecule has 8 nitrogen and oxygen atoms in total. The van der Waals surface area contributed by atoms with Gasteiger partial charge >= 0.3 is 0 Å². The average molecular weight is 446 g/mol. The molecule has 0 bridgehead atoms. The number of hydrogen-bond donors (Lipinski definition) is 0. The number of Topliss-reactive ketones (excluding diaryl/α,β-unsaturated/α-hetero) is 1. The van der Waals surface area contributed by atoms with E-state index >= 15 is 4.39 Å². The first-order valence-electron chi connectivity index (χ1n) is 10.8. The van der Waals surface area contributed by atoms with Gasteiger partial charge in [-0.1, -0.05) is 0 Å². The van der Waals surface area contributed by atoms with Gasteiger partial charge < -0.3 is 9.80 Å². The van der Waals surface area contributed by atoms with Crippen LogP contribution in [0.4, 0.5) is 10.2 Å². The van der Waals surface area contributed by atoms with Crippen molar-refractivity contribution in [3.8, 4) is 11.3 Å². The van der Waals surface area contributed by atoms with Crippen LogP contribution in [0.3, 0.4) is 0 Å². The van der Waals surface area contributed by atoms with E-state index in [0.29, 0.717) is 18.8 Å². The predicted octanol–water partition coefficient (Wildman–Crippen LogP) is 2.74. The summed E-state index contributed by atoms with van der Waals surface area (Å²) in [5.41, 5.74) is 2.32. The number of ketones is 1. The third-order valence-electron chi connectivity index (χ3n) is 5.98. The second-order valence-corrected chi connectivity index (χ2v) is 8.38. The van der Waals surface area contributed by atoms with Crippen LogP contribution in [0.5, 0.6) is 0 Å². The fourth-order valence-corrected chi connectivity index (χ4v) is 4.04. The van der Waals surface area contributed by atoms with Crippen molar-refractivity contribution in [2.24, 2.45) is 7.05 Å². The van der Waals surface area contributed by atoms with Crippen molar-refractivity contribution < 1.29 is 9.18 Å². The van der Waals surface area contributed by atoms with Gasteiger partial charge in [0.2, 0.25) is 0 Å². The van der Waals surface area contributed by atoms with E-state index in [1.54, 1.807) is 23.3 Å². The van der Waals surface area contributed by atoms with E-state index in [2.05, 4.69) is 25.0 Å². The van der Waals surface area contributed by atoms with E-state index in [0.717, 1.165) is 35.1 Å². The number of carbonyl (C=O) groups excluding carboxylic acids is 1. The van der Waals surface area contributed by atoms with Gasteiger partial charge in [-0.15, -0.1) is 0 Å². The molecule has 4 aromatic heterocycles. The molecule has 0 N–H and O–H groups in total. The number of aromatic nitrogens is 5. The van der Waals surface area contributed by atoms with Crippen LogP contribution in [0.2, 0.25) is 0 Å². The van der Waals surface area contributed by atoms with Crippen LogP contribution in [0.15, 0.2) is 49.2 Å². The van der Waals surface area contributed by atoms with Crippen molar-refractivity contribution in [3.63, 3.8) is 0 Å². The molecule has 1 saturated heterocycles. The number of aryl methyl sites for hydroxylation is 1. The summed E-state index contributed by atoms with van der Waals surface area (Å²) in [4.78, 5) is 30.2. The summed E-state index contributed by atoms with van der Waals surface area (Å²) in [5.74, 6) is -0.637. The number of hydrogen-bond acceptors (Lipinski definition) is 7. The van der Waals surface area contributed by atoms with Gasteiger partial charge in [-0.3, -0.25) is 19.4 Å². The van der Waals surface area contributed by atoms with Gasteiger partial charge in [0.05, 0.1) is 23.9 Å². The SMILES string of the molecule is CN1CCN(c2nccc(C(=O)Cc3cc4cc(-c5cnn(C)c5)ncc4cn3)c2F)CC1. The van der Waals surface area contributed by atoms with E-state index in [-0.39, 0.29) is 23.6 Å². The average Bonchev–Trinajstić information content (AvgIpc) is 3.25. The Morgan fingerprint density at radius 2 is 1.79 bits per heavy atom. The Morgan fingerprint density at radius 1 is 1.00 bits per heavy atom. The van der Waals surface area contributed by atoms with Gasteiger partial charge in [0.1, 0.15) is 0 Å². The summed E-state index contributed by atoms with van der Waals surface area (Å²) < 4.78 is 16.9. The van der Waals surface area contributed by atoms with Crippen molar-refractivity contribution in [1.82, 2.24) is 29.6 Å². The second kappa shape index (κ2) is 8.67. The van der Waals surface area contributed by atoms with Crippen LogP contribution in [-0.2, 0) is 13.5 Å². The van der Waals surface area contributed by atoms with Gasteiger partial charge in [-0.05, 0) is 30.6 Å². The Balaban J connectivity index is 1.39. The molecule has 0 spiro atoms. The molecule has 0 atom stereocenters. The zero-order valence-corrected chi connectivity index (χ0v) is 18.6. The fraction of sp³-hybridized carbons (Fsp3) is 0.292. The van der Waals surface area contributed by atoms with E-state index in [1.165, 1.54) is 12.3 Å². The lowest BCUT2D eigenvalue weighted by Gasteiger charge is -2.33. The van der Waals surface area contributed by atoms with Crippen molar-refractivity contribution in [2.75, 3.05) is 38.1 Å². The highest BCUT2D eigenvalue weighted by Gasteiger charge is 2.23. The number of halogens is 1. The molecule has 0 aromatic carbocycles. The highest BCUT2D eigenvalue weighted by atomic mass is 19.1. The third-order valence-corrected chi connectivity index (χ3v) is 5.98. The molecule has 9 heteroatoms. The zero-order chi connectivity index (χ0) is 22.9. The van der Waals surface area contributed by atoms with E-state index < -0.39 is 5.82 Å². The molecule has 1 aliphatic rings. The van der Waals surface area contributed by atoms with Crippen LogP contribution in [0.1, 0.15) is 16.1 Å². The summed E-state index contributed by atoms with van der Waals surface area (Å²) >= 11 is 0. The van der Waals surface area contributed by atoms with Crippen LogP contribution >= 0.6 is 0 Å². The molecule has 0 unspecified atom stereocenters. The Hall–Kier alpha value is -3.72. The lowest BCUT2D eigenvalue weighted by Crippen LogP contribution is -2.45. The molecule has 1 aliphatic heterocycles. The molecule has 1 fully saturated rings. The third kappa shape index (κ3) is 4.31. The smallest absolute Gasteiger partial charge is 0.176 e. The fourth-order valence-electron chi connectivity index (χ4n) is 4.04. The van der Waals surface area contributed by atoms with Crippen molar-refractivity contribution in [3.05, 3.63) is 66.3 Å². The number of nitrogens with zero attached hydrogens (tertiary/aromatic N) is 7. The molecule has 4 aromatic rings. The molecular weight excluding hydrogens is 421 g/mol. The quantitative estimate of drug-likeness (QED) is 0.437. The molecule has 5 heterocycles. The molecule has 0 radical (unpaired) electrons. The van der Waals surface area contributed by atoms with E-state index in [1.807, 2.05) is 37.3 Å². The van der Waals surface area contributed by atoms with Gasteiger partial charge in [0.25, 0.3) is 0 Å². The minimum Gasteiger partial charge on any atom is -0.352 e. The predicted molar refractivity (Wildman–Crippen MR) is 124 cm³/mol. The minimum atomic E-state index is -0.559. The molecule has 168 valence electrons. The number of fused-ring (bicyclic) bond motifs is 1. The summed E-state index contributed by atoms with van der Waals surface area (Å²) in [6.45, 7) is 3.02. The summed E-state index contributed by atoms with van der Waals surface area (Å²) in [6, 6.07) is 5.25. The van der Waals surface area contributed by atoms with Gasteiger partial charge in [-0.2, -0.15) is 5.10 Å². The number of carbonyl (C=O) groups is 1. The highest BCUT2D eigenvalue weighted by Crippen LogP contribution is 2.24. The summed E-state index contributed by atoms with van der Waals surface area (Å²) in [5, 5.41) is 5.97.